The Balaban J connectivity index is 1.64. The molecule has 3 rings (SSSR count). The number of carbonyl (C=O) groups excluding carboxylic acids is 1. The van der Waals surface area contributed by atoms with Crippen molar-refractivity contribution in [3.05, 3.63) is 42.0 Å². The van der Waals surface area contributed by atoms with Crippen LogP contribution in [0.2, 0.25) is 0 Å². The summed E-state index contributed by atoms with van der Waals surface area (Å²) in [4.78, 5) is 16.9. The van der Waals surface area contributed by atoms with Gasteiger partial charge in [-0.25, -0.2) is 0 Å². The molecular formula is C21H27N3O4. The molecule has 7 heteroatoms. The normalized spacial score (nSPS) is 14.0. The van der Waals surface area contributed by atoms with Gasteiger partial charge < -0.3 is 29.7 Å². The number of nitrogen functional groups attached to an aromatic ring is 1. The number of nitrogens with zero attached hydrogens (tertiary/aromatic N) is 2. The number of anilines is 2. The zero-order valence-corrected chi connectivity index (χ0v) is 16.6. The van der Waals surface area contributed by atoms with Crippen molar-refractivity contribution in [2.24, 2.45) is 0 Å². The molecule has 0 atom stereocenters. The van der Waals surface area contributed by atoms with E-state index in [1.807, 2.05) is 29.2 Å². The first-order valence-corrected chi connectivity index (χ1v) is 9.23. The summed E-state index contributed by atoms with van der Waals surface area (Å²) in [6.45, 7) is 2.83. The number of nitrogens with two attached hydrogens (primary N) is 1. The molecule has 0 bridgehead atoms. The van der Waals surface area contributed by atoms with Crippen LogP contribution in [0.15, 0.2) is 36.4 Å². The van der Waals surface area contributed by atoms with Gasteiger partial charge in [-0.1, -0.05) is 12.1 Å². The SMILES string of the molecule is COc1cc(N)c(CC(=O)N2CCN(c3ccccc3OC)CC2)cc1OC. The van der Waals surface area contributed by atoms with Crippen LogP contribution in [0.1, 0.15) is 5.56 Å². The molecule has 0 unspecified atom stereocenters. The van der Waals surface area contributed by atoms with Gasteiger partial charge in [-0.05, 0) is 23.8 Å². The van der Waals surface area contributed by atoms with Crippen molar-refractivity contribution in [3.8, 4) is 17.2 Å². The van der Waals surface area contributed by atoms with Crippen LogP contribution in [-0.4, -0.2) is 58.3 Å². The Bertz CT molecular complexity index is 832. The van der Waals surface area contributed by atoms with E-state index in [1.54, 1.807) is 33.5 Å². The summed E-state index contributed by atoms with van der Waals surface area (Å²) in [6.07, 6.45) is 0.237. The second-order valence-electron chi connectivity index (χ2n) is 6.62. The van der Waals surface area contributed by atoms with Crippen molar-refractivity contribution in [2.75, 3.05) is 58.1 Å². The van der Waals surface area contributed by atoms with E-state index in [4.69, 9.17) is 19.9 Å². The van der Waals surface area contributed by atoms with Crippen LogP contribution in [0.5, 0.6) is 17.2 Å². The Morgan fingerprint density at radius 2 is 1.54 bits per heavy atom. The Labute approximate surface area is 165 Å². The van der Waals surface area contributed by atoms with E-state index in [-0.39, 0.29) is 12.3 Å². The fourth-order valence-electron chi connectivity index (χ4n) is 3.45. The van der Waals surface area contributed by atoms with Gasteiger partial charge in [0.15, 0.2) is 11.5 Å². The summed E-state index contributed by atoms with van der Waals surface area (Å²) in [5.74, 6) is 2.03. The topological polar surface area (TPSA) is 77.3 Å². The van der Waals surface area contributed by atoms with Crippen LogP contribution < -0.4 is 24.8 Å². The number of para-hydroxylation sites is 2. The second kappa shape index (κ2) is 8.73. The minimum absolute atomic E-state index is 0.0543. The Morgan fingerprint density at radius 3 is 2.18 bits per heavy atom. The number of rotatable bonds is 6. The lowest BCUT2D eigenvalue weighted by Gasteiger charge is -2.36. The molecular weight excluding hydrogens is 358 g/mol. The van der Waals surface area contributed by atoms with Crippen LogP contribution >= 0.6 is 0 Å². The molecule has 2 aromatic carbocycles. The van der Waals surface area contributed by atoms with Crippen LogP contribution in [0, 0.1) is 0 Å². The summed E-state index contributed by atoms with van der Waals surface area (Å²) in [5.41, 5.74) is 8.43. The number of hydrogen-bond donors (Lipinski definition) is 1. The molecule has 1 saturated heterocycles. The molecule has 0 radical (unpaired) electrons. The van der Waals surface area contributed by atoms with E-state index in [0.29, 0.717) is 30.3 Å². The lowest BCUT2D eigenvalue weighted by atomic mass is 10.1. The van der Waals surface area contributed by atoms with Crippen molar-refractivity contribution in [3.63, 3.8) is 0 Å². The highest BCUT2D eigenvalue weighted by Crippen LogP contribution is 2.32. The summed E-state index contributed by atoms with van der Waals surface area (Å²) in [7, 11) is 4.80. The van der Waals surface area contributed by atoms with Crippen LogP contribution in [0.25, 0.3) is 0 Å². The van der Waals surface area contributed by atoms with Crippen molar-refractivity contribution in [2.45, 2.75) is 6.42 Å². The third-order valence-corrected chi connectivity index (χ3v) is 5.05. The fourth-order valence-corrected chi connectivity index (χ4v) is 3.45. The molecule has 1 aliphatic rings. The van der Waals surface area contributed by atoms with Crippen molar-refractivity contribution in [1.82, 2.24) is 4.90 Å². The first-order chi connectivity index (χ1) is 13.6. The van der Waals surface area contributed by atoms with Gasteiger partial charge in [0.25, 0.3) is 0 Å². The van der Waals surface area contributed by atoms with Crippen LogP contribution in [-0.2, 0) is 11.2 Å². The van der Waals surface area contributed by atoms with Gasteiger partial charge in [-0.2, -0.15) is 0 Å². The standard InChI is InChI=1S/C21H27N3O4/c1-26-18-7-5-4-6-17(18)23-8-10-24(11-9-23)21(25)13-15-12-19(27-2)20(28-3)14-16(15)22/h4-7,12,14H,8-11,13,22H2,1-3H3. The van der Waals surface area contributed by atoms with E-state index in [2.05, 4.69) is 4.90 Å². The molecule has 1 fully saturated rings. The van der Waals surface area contributed by atoms with Gasteiger partial charge in [-0.15, -0.1) is 0 Å². The number of methoxy groups -OCH3 is 3. The molecule has 150 valence electrons. The molecule has 1 heterocycles. The van der Waals surface area contributed by atoms with Gasteiger partial charge in [0.1, 0.15) is 5.75 Å². The maximum Gasteiger partial charge on any atom is 0.227 e. The number of amides is 1. The third-order valence-electron chi connectivity index (χ3n) is 5.05. The Morgan fingerprint density at radius 1 is 0.929 bits per heavy atom. The molecule has 0 spiro atoms. The largest absolute Gasteiger partial charge is 0.495 e. The maximum absolute atomic E-state index is 12.8. The summed E-state index contributed by atoms with van der Waals surface area (Å²) >= 11 is 0. The minimum Gasteiger partial charge on any atom is -0.495 e. The summed E-state index contributed by atoms with van der Waals surface area (Å²) < 4.78 is 16.0. The quantitative estimate of drug-likeness (QED) is 0.768. The summed E-state index contributed by atoms with van der Waals surface area (Å²) in [6, 6.07) is 11.4. The zero-order chi connectivity index (χ0) is 20.1. The maximum atomic E-state index is 12.8. The summed E-state index contributed by atoms with van der Waals surface area (Å²) in [5, 5.41) is 0. The van der Waals surface area contributed by atoms with Gasteiger partial charge >= 0.3 is 0 Å². The number of hydrogen-bond acceptors (Lipinski definition) is 6. The lowest BCUT2D eigenvalue weighted by molar-refractivity contribution is -0.130. The highest BCUT2D eigenvalue weighted by atomic mass is 16.5. The van der Waals surface area contributed by atoms with Gasteiger partial charge in [0.05, 0.1) is 33.4 Å². The molecule has 2 aromatic rings. The van der Waals surface area contributed by atoms with E-state index < -0.39 is 0 Å². The molecule has 7 nitrogen and oxygen atoms in total. The molecule has 1 aliphatic heterocycles. The van der Waals surface area contributed by atoms with Gasteiger partial charge in [0.2, 0.25) is 5.91 Å². The fraction of sp³-hybridized carbons (Fsp3) is 0.381. The predicted molar refractivity (Wildman–Crippen MR) is 109 cm³/mol. The molecule has 0 aliphatic carbocycles. The van der Waals surface area contributed by atoms with E-state index in [9.17, 15) is 4.79 Å². The van der Waals surface area contributed by atoms with Crippen molar-refractivity contribution < 1.29 is 19.0 Å². The lowest BCUT2D eigenvalue weighted by Crippen LogP contribution is -2.49. The number of carbonyl (C=O) groups is 1. The second-order valence-corrected chi connectivity index (χ2v) is 6.62. The first-order valence-electron chi connectivity index (χ1n) is 9.23. The van der Waals surface area contributed by atoms with Crippen molar-refractivity contribution in [1.29, 1.82) is 0 Å². The molecule has 1 amide bonds. The predicted octanol–water partition coefficient (Wildman–Crippen LogP) is 2.19. The first kappa shape index (κ1) is 19.7. The Hall–Kier alpha value is -3.09. The number of benzene rings is 2. The minimum atomic E-state index is 0.0543. The number of piperazine rings is 1. The molecule has 2 N–H and O–H groups in total. The molecule has 28 heavy (non-hydrogen) atoms. The average molecular weight is 385 g/mol. The zero-order valence-electron chi connectivity index (χ0n) is 16.6. The van der Waals surface area contributed by atoms with E-state index >= 15 is 0 Å². The van der Waals surface area contributed by atoms with Gasteiger partial charge in [-0.3, -0.25) is 4.79 Å². The van der Waals surface area contributed by atoms with Gasteiger partial charge in [0, 0.05) is 37.9 Å². The van der Waals surface area contributed by atoms with E-state index in [1.165, 1.54) is 0 Å². The Kier molecular flexibility index (Phi) is 6.13. The average Bonchev–Trinajstić information content (AvgIpc) is 2.74. The van der Waals surface area contributed by atoms with Crippen molar-refractivity contribution >= 4 is 17.3 Å². The van der Waals surface area contributed by atoms with E-state index in [0.717, 1.165) is 30.1 Å². The smallest absolute Gasteiger partial charge is 0.227 e. The highest BCUT2D eigenvalue weighted by Gasteiger charge is 2.23. The number of ether oxygens (including phenoxy) is 3. The molecule has 0 saturated carbocycles. The van der Waals surface area contributed by atoms with Crippen LogP contribution in [0.3, 0.4) is 0 Å². The highest BCUT2D eigenvalue weighted by molar-refractivity contribution is 5.81. The van der Waals surface area contributed by atoms with Crippen LogP contribution in [0.4, 0.5) is 11.4 Å². The molecule has 0 aromatic heterocycles. The monoisotopic (exact) mass is 385 g/mol. The third kappa shape index (κ3) is 4.08.